The number of piperidine rings is 1. The molecule has 1 aliphatic rings. The number of ketones is 1. The molecule has 2 heterocycles. The molecule has 0 aliphatic carbocycles. The second-order valence-electron chi connectivity index (χ2n) is 14.4. The lowest BCUT2D eigenvalue weighted by atomic mass is 9.82. The molecule has 6 nitrogen and oxygen atoms in total. The number of amides is 1. The third-order valence-corrected chi connectivity index (χ3v) is 10.6. The molecule has 0 saturated carbocycles. The summed E-state index contributed by atoms with van der Waals surface area (Å²) in [6.45, 7) is 11.5. The summed E-state index contributed by atoms with van der Waals surface area (Å²) in [5, 5.41) is 9.55. The summed E-state index contributed by atoms with van der Waals surface area (Å²) in [5.74, 6) is 2.86. The molecule has 0 radical (unpaired) electrons. The number of benzene rings is 2. The summed E-state index contributed by atoms with van der Waals surface area (Å²) in [6.07, 6.45) is 8.90. The fourth-order valence-corrected chi connectivity index (χ4v) is 6.86. The number of aromatic nitrogens is 1. The third-order valence-electron chi connectivity index (χ3n) is 10.6. The van der Waals surface area contributed by atoms with Gasteiger partial charge in [-0.2, -0.15) is 0 Å². The van der Waals surface area contributed by atoms with Crippen LogP contribution in [0.2, 0.25) is 0 Å². The minimum Gasteiger partial charge on any atom is -0.508 e. The summed E-state index contributed by atoms with van der Waals surface area (Å²) < 4.78 is 21.1. The maximum atomic E-state index is 15.1. The van der Waals surface area contributed by atoms with Crippen molar-refractivity contribution in [3.63, 3.8) is 0 Å². The smallest absolute Gasteiger partial charge is 0.255 e. The van der Waals surface area contributed by atoms with Gasteiger partial charge in [0.25, 0.3) is 5.91 Å². The van der Waals surface area contributed by atoms with Gasteiger partial charge in [-0.3, -0.25) is 14.6 Å². The van der Waals surface area contributed by atoms with Gasteiger partial charge in [0.15, 0.2) is 12.0 Å². The number of carbonyl (C=O) groups excluding carboxylic acids is 2. The van der Waals surface area contributed by atoms with Crippen LogP contribution in [0.5, 0.6) is 11.5 Å². The number of carbonyl (C=O) groups is 2. The zero-order valence-corrected chi connectivity index (χ0v) is 30.2. The Labute approximate surface area is 293 Å². The van der Waals surface area contributed by atoms with Gasteiger partial charge in [-0.05, 0) is 90.5 Å². The van der Waals surface area contributed by atoms with Gasteiger partial charge in [0.05, 0.1) is 12.1 Å². The number of phenols is 1. The standard InChI is InChI=1S/C42H57FN2O4/c1-6-9-32(13-12-30(4)31(5)26-33-14-19-36(46)20-15-33)10-8-11-40(47)39-23-18-35(27-44-39)42(48)45-25-24-41(38(43)28-45)49-37-21-16-34(17-22-37)29(3)7-2/h14-23,27,29-32,38,41,46H,6-13,24-26,28H2,1-5H3. The molecule has 1 saturated heterocycles. The minimum atomic E-state index is -1.30. The van der Waals surface area contributed by atoms with Gasteiger partial charge in [0.2, 0.25) is 0 Å². The first kappa shape index (κ1) is 38.1. The largest absolute Gasteiger partial charge is 0.508 e. The second kappa shape index (κ2) is 18.9. The predicted molar refractivity (Wildman–Crippen MR) is 195 cm³/mol. The summed E-state index contributed by atoms with van der Waals surface area (Å²) in [5.41, 5.74) is 3.22. The highest BCUT2D eigenvalue weighted by Crippen LogP contribution is 2.29. The molecule has 1 aliphatic heterocycles. The Bertz CT molecular complexity index is 1440. The van der Waals surface area contributed by atoms with Gasteiger partial charge in [-0.1, -0.05) is 91.0 Å². The van der Waals surface area contributed by atoms with E-state index in [2.05, 4.69) is 39.6 Å². The monoisotopic (exact) mass is 672 g/mol. The van der Waals surface area contributed by atoms with Crippen LogP contribution in [0.25, 0.3) is 0 Å². The summed E-state index contributed by atoms with van der Waals surface area (Å²) in [4.78, 5) is 32.0. The zero-order valence-electron chi connectivity index (χ0n) is 30.2. The quantitative estimate of drug-likeness (QED) is 0.136. The Morgan fingerprint density at radius 1 is 0.939 bits per heavy atom. The molecule has 6 atom stereocenters. The zero-order chi connectivity index (χ0) is 35.3. The highest BCUT2D eigenvalue weighted by Gasteiger charge is 2.33. The highest BCUT2D eigenvalue weighted by molar-refractivity contribution is 5.97. The first-order valence-electron chi connectivity index (χ1n) is 18.5. The van der Waals surface area contributed by atoms with Crippen molar-refractivity contribution in [1.29, 1.82) is 0 Å². The number of Topliss-reactive ketones (excluding diaryl/α,β-unsaturated/α-hetero) is 1. The number of hydrogen-bond donors (Lipinski definition) is 1. The van der Waals surface area contributed by atoms with Crippen LogP contribution in [-0.2, 0) is 6.42 Å². The maximum absolute atomic E-state index is 15.1. The van der Waals surface area contributed by atoms with Gasteiger partial charge in [-0.15, -0.1) is 0 Å². The lowest BCUT2D eigenvalue weighted by Gasteiger charge is -2.34. The molecule has 266 valence electrons. The first-order valence-corrected chi connectivity index (χ1v) is 18.5. The van der Waals surface area contributed by atoms with E-state index in [4.69, 9.17) is 4.74 Å². The number of rotatable bonds is 18. The average molecular weight is 673 g/mol. The molecule has 2 aromatic carbocycles. The highest BCUT2D eigenvalue weighted by atomic mass is 19.1. The Morgan fingerprint density at radius 3 is 2.31 bits per heavy atom. The molecule has 1 fully saturated rings. The Kier molecular flexibility index (Phi) is 14.7. The van der Waals surface area contributed by atoms with Crippen LogP contribution in [0.3, 0.4) is 0 Å². The Balaban J connectivity index is 1.19. The fourth-order valence-electron chi connectivity index (χ4n) is 6.86. The van der Waals surface area contributed by atoms with E-state index in [1.807, 2.05) is 36.4 Å². The summed E-state index contributed by atoms with van der Waals surface area (Å²) in [6, 6.07) is 18.6. The van der Waals surface area contributed by atoms with E-state index in [1.54, 1.807) is 24.3 Å². The molecule has 4 rings (SSSR count). The number of nitrogens with zero attached hydrogens (tertiary/aromatic N) is 2. The molecule has 1 aromatic heterocycles. The normalized spacial score (nSPS) is 18.8. The van der Waals surface area contributed by atoms with E-state index in [0.29, 0.717) is 65.8 Å². The van der Waals surface area contributed by atoms with Crippen molar-refractivity contribution in [3.8, 4) is 11.5 Å². The molecular weight excluding hydrogens is 615 g/mol. The van der Waals surface area contributed by atoms with Crippen LogP contribution in [0.4, 0.5) is 4.39 Å². The predicted octanol–water partition coefficient (Wildman–Crippen LogP) is 10.00. The van der Waals surface area contributed by atoms with E-state index in [9.17, 15) is 14.7 Å². The Morgan fingerprint density at radius 2 is 1.67 bits per heavy atom. The van der Waals surface area contributed by atoms with E-state index in [-0.39, 0.29) is 18.2 Å². The molecule has 3 aromatic rings. The summed E-state index contributed by atoms with van der Waals surface area (Å²) >= 11 is 0. The summed E-state index contributed by atoms with van der Waals surface area (Å²) in [7, 11) is 0. The van der Waals surface area contributed by atoms with E-state index >= 15 is 4.39 Å². The first-order chi connectivity index (χ1) is 23.6. The fraction of sp³-hybridized carbons (Fsp3) is 0.548. The average Bonchev–Trinajstić information content (AvgIpc) is 3.11. The van der Waals surface area contributed by atoms with Gasteiger partial charge in [0.1, 0.15) is 23.3 Å². The van der Waals surface area contributed by atoms with Crippen LogP contribution in [0, 0.1) is 17.8 Å². The van der Waals surface area contributed by atoms with Crippen molar-refractivity contribution < 1.29 is 23.8 Å². The molecular formula is C42H57FN2O4. The number of pyridine rings is 1. The molecule has 0 bridgehead atoms. The third kappa shape index (κ3) is 11.4. The van der Waals surface area contributed by atoms with Crippen molar-refractivity contribution in [1.82, 2.24) is 9.88 Å². The number of phenolic OH excluding ortho intramolecular Hbond substituents is 1. The molecule has 6 unspecified atom stereocenters. The molecule has 1 N–H and O–H groups in total. The van der Waals surface area contributed by atoms with Crippen molar-refractivity contribution in [3.05, 3.63) is 89.2 Å². The van der Waals surface area contributed by atoms with Crippen molar-refractivity contribution >= 4 is 11.7 Å². The van der Waals surface area contributed by atoms with E-state index < -0.39 is 12.3 Å². The van der Waals surface area contributed by atoms with Crippen LogP contribution in [0.15, 0.2) is 66.9 Å². The number of alkyl halides is 1. The molecule has 7 heteroatoms. The van der Waals surface area contributed by atoms with Crippen LogP contribution < -0.4 is 4.74 Å². The van der Waals surface area contributed by atoms with Crippen LogP contribution in [0.1, 0.15) is 130 Å². The molecule has 1 amide bonds. The lowest BCUT2D eigenvalue weighted by Crippen LogP contribution is -2.49. The van der Waals surface area contributed by atoms with Crippen molar-refractivity contribution in [2.75, 3.05) is 13.1 Å². The molecule has 49 heavy (non-hydrogen) atoms. The maximum Gasteiger partial charge on any atom is 0.255 e. The van der Waals surface area contributed by atoms with Gasteiger partial charge in [-0.25, -0.2) is 4.39 Å². The van der Waals surface area contributed by atoms with E-state index in [1.165, 1.54) is 22.2 Å². The van der Waals surface area contributed by atoms with Crippen molar-refractivity contribution in [2.45, 2.75) is 117 Å². The van der Waals surface area contributed by atoms with Gasteiger partial charge >= 0.3 is 0 Å². The number of likely N-dealkylation sites (tertiary alicyclic amines) is 1. The number of ether oxygens (including phenoxy) is 1. The Hall–Kier alpha value is -3.74. The van der Waals surface area contributed by atoms with Crippen molar-refractivity contribution in [2.24, 2.45) is 17.8 Å². The second-order valence-corrected chi connectivity index (χ2v) is 14.4. The number of hydrogen-bond acceptors (Lipinski definition) is 5. The van der Waals surface area contributed by atoms with Crippen LogP contribution in [-0.4, -0.2) is 52.0 Å². The van der Waals surface area contributed by atoms with Gasteiger partial charge < -0.3 is 14.7 Å². The van der Waals surface area contributed by atoms with Gasteiger partial charge in [0, 0.05) is 25.6 Å². The SMILES string of the molecule is CCCC(CCCC(=O)c1ccc(C(=O)N2CCC(Oc3ccc(C(C)CC)cc3)C(F)C2)cn1)CCC(C)C(C)Cc1ccc(O)cc1. The van der Waals surface area contributed by atoms with Crippen LogP contribution >= 0.6 is 0 Å². The number of aromatic hydroxyl groups is 1. The minimum absolute atomic E-state index is 0.0101. The number of halogens is 1. The topological polar surface area (TPSA) is 79.7 Å². The lowest BCUT2D eigenvalue weighted by molar-refractivity contribution is 0.0202. The van der Waals surface area contributed by atoms with E-state index in [0.717, 1.165) is 51.4 Å². The molecule has 0 spiro atoms.